The molecule has 0 saturated carbocycles. The SMILES string of the molecule is CCCCCCCC/C=C\CCCCCCCCOC(=O)/C=C(/C)C(=O)OCCCCCCCC/C=C\CCCCCCCC. The van der Waals surface area contributed by atoms with Crippen LogP contribution in [0.2, 0.25) is 0 Å². The Labute approximate surface area is 280 Å². The largest absolute Gasteiger partial charge is 0.463 e. The van der Waals surface area contributed by atoms with Crippen LogP contribution in [-0.2, 0) is 19.1 Å². The van der Waals surface area contributed by atoms with Crippen LogP contribution in [0.5, 0.6) is 0 Å². The average molecular weight is 631 g/mol. The Balaban J connectivity index is 3.53. The Hall–Kier alpha value is -1.84. The van der Waals surface area contributed by atoms with Crippen LogP contribution in [-0.4, -0.2) is 25.2 Å². The van der Waals surface area contributed by atoms with E-state index in [1.165, 1.54) is 160 Å². The maximum Gasteiger partial charge on any atom is 0.333 e. The van der Waals surface area contributed by atoms with Crippen molar-refractivity contribution in [3.05, 3.63) is 36.0 Å². The molecule has 0 atom stereocenters. The monoisotopic (exact) mass is 631 g/mol. The van der Waals surface area contributed by atoms with Gasteiger partial charge in [0.1, 0.15) is 0 Å². The van der Waals surface area contributed by atoms with Crippen LogP contribution in [0.1, 0.15) is 201 Å². The highest BCUT2D eigenvalue weighted by atomic mass is 16.5. The highest BCUT2D eigenvalue weighted by Gasteiger charge is 2.09. The molecule has 0 spiro atoms. The lowest BCUT2D eigenvalue weighted by atomic mass is 10.1. The lowest BCUT2D eigenvalue weighted by molar-refractivity contribution is -0.141. The van der Waals surface area contributed by atoms with Gasteiger partial charge in [-0.25, -0.2) is 9.59 Å². The number of hydrogen-bond donors (Lipinski definition) is 0. The van der Waals surface area contributed by atoms with Crippen LogP contribution in [0.25, 0.3) is 0 Å². The Bertz CT molecular complexity index is 736. The summed E-state index contributed by atoms with van der Waals surface area (Å²) < 4.78 is 10.6. The molecule has 262 valence electrons. The standard InChI is InChI=1S/C41H74O4/c1-4-6-8-10-12-14-16-18-20-22-24-26-28-30-32-34-36-44-40(42)38-39(3)41(43)45-37-35-33-31-29-27-25-23-21-19-17-15-13-11-9-7-5-2/h18-21,38H,4-17,22-37H2,1-3H3/b20-18-,21-19-,39-38-. The van der Waals surface area contributed by atoms with E-state index in [2.05, 4.69) is 38.2 Å². The van der Waals surface area contributed by atoms with Crippen molar-refractivity contribution >= 4 is 11.9 Å². The van der Waals surface area contributed by atoms with Gasteiger partial charge < -0.3 is 9.47 Å². The summed E-state index contributed by atoms with van der Waals surface area (Å²) in [6.07, 6.45) is 45.8. The smallest absolute Gasteiger partial charge is 0.333 e. The number of esters is 2. The maximum absolute atomic E-state index is 12.2. The van der Waals surface area contributed by atoms with Crippen LogP contribution in [0.15, 0.2) is 36.0 Å². The fraction of sp³-hybridized carbons (Fsp3) is 0.805. The summed E-state index contributed by atoms with van der Waals surface area (Å²) in [5.41, 5.74) is 0.311. The molecule has 0 fully saturated rings. The van der Waals surface area contributed by atoms with E-state index in [0.717, 1.165) is 25.7 Å². The second-order valence-corrected chi connectivity index (χ2v) is 13.0. The van der Waals surface area contributed by atoms with Crippen molar-refractivity contribution in [1.29, 1.82) is 0 Å². The third kappa shape index (κ3) is 34.9. The number of allylic oxidation sites excluding steroid dienone is 4. The van der Waals surface area contributed by atoms with E-state index in [1.807, 2.05) is 0 Å². The van der Waals surface area contributed by atoms with Crippen molar-refractivity contribution in [1.82, 2.24) is 0 Å². The molecule has 0 unspecified atom stereocenters. The Morgan fingerprint density at radius 2 is 0.733 bits per heavy atom. The van der Waals surface area contributed by atoms with Gasteiger partial charge >= 0.3 is 11.9 Å². The number of rotatable bonds is 34. The molecule has 0 saturated heterocycles. The second-order valence-electron chi connectivity index (χ2n) is 13.0. The fourth-order valence-electron chi connectivity index (χ4n) is 5.43. The number of carbonyl (C=O) groups is 2. The highest BCUT2D eigenvalue weighted by molar-refractivity contribution is 5.95. The van der Waals surface area contributed by atoms with Gasteiger partial charge in [0.15, 0.2) is 0 Å². The van der Waals surface area contributed by atoms with Crippen LogP contribution in [0.4, 0.5) is 0 Å². The zero-order chi connectivity index (χ0) is 32.9. The van der Waals surface area contributed by atoms with Gasteiger partial charge in [-0.3, -0.25) is 0 Å². The molecule has 0 aliphatic carbocycles. The molecule has 0 radical (unpaired) electrons. The average Bonchev–Trinajstić information content (AvgIpc) is 3.03. The van der Waals surface area contributed by atoms with Crippen molar-refractivity contribution in [2.45, 2.75) is 201 Å². The summed E-state index contributed by atoms with van der Waals surface area (Å²) >= 11 is 0. The van der Waals surface area contributed by atoms with Gasteiger partial charge in [-0.15, -0.1) is 0 Å². The Morgan fingerprint density at radius 3 is 1.11 bits per heavy atom. The van der Waals surface area contributed by atoms with Gasteiger partial charge in [-0.2, -0.15) is 0 Å². The summed E-state index contributed by atoms with van der Waals surface area (Å²) in [6, 6.07) is 0. The quantitative estimate of drug-likeness (QED) is 0.0307. The van der Waals surface area contributed by atoms with E-state index in [-0.39, 0.29) is 0 Å². The lowest BCUT2D eigenvalue weighted by Gasteiger charge is -2.06. The van der Waals surface area contributed by atoms with Crippen molar-refractivity contribution in [3.8, 4) is 0 Å². The minimum absolute atomic E-state index is 0.311. The van der Waals surface area contributed by atoms with Gasteiger partial charge in [0.05, 0.1) is 13.2 Å². The van der Waals surface area contributed by atoms with E-state index in [4.69, 9.17) is 9.47 Å². The number of carbonyl (C=O) groups excluding carboxylic acids is 2. The summed E-state index contributed by atoms with van der Waals surface area (Å²) in [4.78, 5) is 24.2. The third-order valence-electron chi connectivity index (χ3n) is 8.45. The first-order valence-corrected chi connectivity index (χ1v) is 19.4. The van der Waals surface area contributed by atoms with Gasteiger partial charge in [-0.1, -0.05) is 154 Å². The number of unbranched alkanes of at least 4 members (excludes halogenated alkanes) is 24. The van der Waals surface area contributed by atoms with Crippen LogP contribution >= 0.6 is 0 Å². The van der Waals surface area contributed by atoms with Gasteiger partial charge in [0, 0.05) is 11.6 Å². The summed E-state index contributed by atoms with van der Waals surface area (Å²) in [7, 11) is 0. The molecule has 45 heavy (non-hydrogen) atoms. The minimum Gasteiger partial charge on any atom is -0.463 e. The Morgan fingerprint density at radius 1 is 0.422 bits per heavy atom. The molecule has 0 aliphatic rings. The van der Waals surface area contributed by atoms with Gasteiger partial charge in [0.2, 0.25) is 0 Å². The minimum atomic E-state index is -0.450. The summed E-state index contributed by atoms with van der Waals surface area (Å²) in [6.45, 7) is 6.98. The van der Waals surface area contributed by atoms with Crippen molar-refractivity contribution in [2.24, 2.45) is 0 Å². The highest BCUT2D eigenvalue weighted by Crippen LogP contribution is 2.12. The van der Waals surface area contributed by atoms with Crippen molar-refractivity contribution < 1.29 is 19.1 Å². The normalized spacial score (nSPS) is 12.0. The van der Waals surface area contributed by atoms with E-state index in [1.54, 1.807) is 6.92 Å². The van der Waals surface area contributed by atoms with Gasteiger partial charge in [-0.05, 0) is 71.1 Å². The van der Waals surface area contributed by atoms with E-state index in [0.29, 0.717) is 18.8 Å². The fourth-order valence-corrected chi connectivity index (χ4v) is 5.43. The zero-order valence-electron chi connectivity index (χ0n) is 30.2. The molecule has 0 amide bonds. The van der Waals surface area contributed by atoms with Crippen LogP contribution in [0, 0.1) is 0 Å². The van der Waals surface area contributed by atoms with E-state index >= 15 is 0 Å². The molecule has 4 heteroatoms. The lowest BCUT2D eigenvalue weighted by Crippen LogP contribution is -2.10. The van der Waals surface area contributed by atoms with Crippen molar-refractivity contribution in [2.75, 3.05) is 13.2 Å². The zero-order valence-corrected chi connectivity index (χ0v) is 30.2. The molecule has 0 aromatic carbocycles. The molecular weight excluding hydrogens is 556 g/mol. The molecule has 0 heterocycles. The van der Waals surface area contributed by atoms with E-state index in [9.17, 15) is 9.59 Å². The van der Waals surface area contributed by atoms with Crippen LogP contribution < -0.4 is 0 Å². The third-order valence-corrected chi connectivity index (χ3v) is 8.45. The summed E-state index contributed by atoms with van der Waals surface area (Å²) in [5.74, 6) is -0.869. The Kier molecular flexibility index (Phi) is 35.1. The second kappa shape index (κ2) is 36.6. The predicted molar refractivity (Wildman–Crippen MR) is 195 cm³/mol. The molecular formula is C41H74O4. The summed E-state index contributed by atoms with van der Waals surface area (Å²) in [5, 5.41) is 0. The van der Waals surface area contributed by atoms with E-state index < -0.39 is 11.9 Å². The first-order chi connectivity index (χ1) is 22.1. The number of hydrogen-bond acceptors (Lipinski definition) is 4. The van der Waals surface area contributed by atoms with Gasteiger partial charge in [0.25, 0.3) is 0 Å². The predicted octanol–water partition coefficient (Wildman–Crippen LogP) is 13.1. The van der Waals surface area contributed by atoms with Crippen molar-refractivity contribution in [3.63, 3.8) is 0 Å². The molecule has 4 nitrogen and oxygen atoms in total. The van der Waals surface area contributed by atoms with Crippen LogP contribution in [0.3, 0.4) is 0 Å². The molecule has 0 rings (SSSR count). The maximum atomic E-state index is 12.2. The first kappa shape index (κ1) is 43.2. The molecule has 0 aromatic rings. The topological polar surface area (TPSA) is 52.6 Å². The molecule has 0 bridgehead atoms. The molecule has 0 N–H and O–H groups in total. The molecule has 0 aliphatic heterocycles. The molecule has 0 aromatic heterocycles. The number of ether oxygens (including phenoxy) is 2. The first-order valence-electron chi connectivity index (χ1n) is 19.4.